The Hall–Kier alpha value is -4.45. The van der Waals surface area contributed by atoms with E-state index >= 15 is 4.39 Å². The third-order valence-electron chi connectivity index (χ3n) is 15.2. The molecule has 0 radical (unpaired) electrons. The summed E-state index contributed by atoms with van der Waals surface area (Å²) in [6.45, 7) is -7.07. The molecule has 0 amide bonds. The first-order chi connectivity index (χ1) is 44.2. The maximum Gasteiger partial charge on any atom is 0.386 e. The summed E-state index contributed by atoms with van der Waals surface area (Å²) in [5, 5.41) is 28.3. The van der Waals surface area contributed by atoms with E-state index in [9.17, 15) is 43.4 Å². The number of nitrogens with one attached hydrogen (secondary N) is 4. The van der Waals surface area contributed by atoms with Crippen LogP contribution in [-0.2, 0) is 90.4 Å². The summed E-state index contributed by atoms with van der Waals surface area (Å²) in [5.74, 6) is -0.468. The number of hydrogen-bond acceptors (Lipinski definition) is 30. The maximum absolute atomic E-state index is 16.3. The second kappa shape index (κ2) is 26.7. The summed E-state index contributed by atoms with van der Waals surface area (Å²) >= 11 is 19.9. The third kappa shape index (κ3) is 15.2. The van der Waals surface area contributed by atoms with Crippen molar-refractivity contribution < 1.29 is 93.4 Å². The van der Waals surface area contributed by atoms with Gasteiger partial charge in [0.1, 0.15) is 73.0 Å². The van der Waals surface area contributed by atoms with Crippen LogP contribution in [0.15, 0.2) is 59.7 Å². The van der Waals surface area contributed by atoms with Crippen LogP contribution < -0.4 is 26.5 Å². The fourth-order valence-electron chi connectivity index (χ4n) is 11.2. The van der Waals surface area contributed by atoms with Crippen molar-refractivity contribution in [1.82, 2.24) is 63.5 Å². The highest BCUT2D eigenvalue weighted by Crippen LogP contribution is 2.59. The van der Waals surface area contributed by atoms with Crippen LogP contribution in [0.4, 0.5) is 20.5 Å². The van der Waals surface area contributed by atoms with Crippen molar-refractivity contribution in [3.8, 4) is 5.88 Å². The van der Waals surface area contributed by atoms with Crippen molar-refractivity contribution in [2.24, 2.45) is 5.92 Å². The van der Waals surface area contributed by atoms with Crippen LogP contribution in [0, 0.1) is 11.7 Å². The summed E-state index contributed by atoms with van der Waals surface area (Å²) in [7, 11) is 0. The van der Waals surface area contributed by atoms with Crippen molar-refractivity contribution in [2.45, 2.75) is 151 Å². The van der Waals surface area contributed by atoms with E-state index in [1.54, 1.807) is 12.3 Å². The first-order valence-electron chi connectivity index (χ1n) is 28.6. The van der Waals surface area contributed by atoms with Gasteiger partial charge in [-0.2, -0.15) is 4.98 Å². The Kier molecular flexibility index (Phi) is 19.7. The van der Waals surface area contributed by atoms with Crippen molar-refractivity contribution in [2.75, 3.05) is 37.1 Å². The molecular weight excluding hydrogens is 1410 g/mol. The fourth-order valence-corrected chi connectivity index (χ4v) is 17.1. The smallest absolute Gasteiger partial charge is 0.386 e. The van der Waals surface area contributed by atoms with Gasteiger partial charge in [0, 0.05) is 41.9 Å². The largest absolute Gasteiger partial charge is 0.474 e. The molecule has 19 atom stereocenters. The molecule has 4 unspecified atom stereocenters. The second-order valence-electron chi connectivity index (χ2n) is 24.4. The molecule has 94 heavy (non-hydrogen) atoms. The Labute approximate surface area is 550 Å². The van der Waals surface area contributed by atoms with E-state index in [2.05, 4.69) is 72.7 Å². The number of thiol groups is 1. The number of aromatic amines is 2. The van der Waals surface area contributed by atoms with Crippen LogP contribution in [-0.4, -0.2) is 193 Å². The highest BCUT2D eigenvalue weighted by atomic mass is 32.7. The minimum atomic E-state index is -4.33. The molecule has 5 saturated heterocycles. The first-order valence-corrected chi connectivity index (χ1v) is 39.1. The molecule has 1 aliphatic carbocycles. The molecule has 35 nitrogen and oxygen atoms in total. The van der Waals surface area contributed by atoms with E-state index in [0.717, 1.165) is 17.1 Å². The Bertz CT molecular complexity index is 4290. The van der Waals surface area contributed by atoms with E-state index in [0.29, 0.717) is 30.1 Å². The van der Waals surface area contributed by atoms with Gasteiger partial charge in [-0.15, -0.1) is 0 Å². The van der Waals surface area contributed by atoms with Crippen LogP contribution in [0.25, 0.3) is 33.4 Å². The molecule has 0 aromatic carbocycles. The van der Waals surface area contributed by atoms with E-state index in [-0.39, 0.29) is 40.6 Å². The number of imidazole rings is 2. The Morgan fingerprint density at radius 3 is 1.95 bits per heavy atom. The number of hydrogen-bond donors (Lipinski definition) is 10. The molecule has 7 aromatic heterocycles. The van der Waals surface area contributed by atoms with Crippen LogP contribution >= 0.6 is 39.2 Å². The van der Waals surface area contributed by atoms with Crippen LogP contribution in [0.2, 0.25) is 0 Å². The van der Waals surface area contributed by atoms with Crippen molar-refractivity contribution >= 4 is 120 Å². The quantitative estimate of drug-likeness (QED) is 0.0797. The predicted octanol–water partition coefficient (Wildman–Crippen LogP) is 3.97. The molecule has 7 aromatic rings. The van der Waals surface area contributed by atoms with Gasteiger partial charge in [-0.1, -0.05) is 12.2 Å². The number of ether oxygens (including phenoxy) is 4. The number of halogens is 2. The number of aromatic nitrogens is 13. The summed E-state index contributed by atoms with van der Waals surface area (Å²) in [6.07, 6.45) is -9.24. The molecule has 13 rings (SSSR count). The number of fused-ring (bicyclic) bond motifs is 9. The normalized spacial score (nSPS) is 36.0. The number of anilines is 2. The van der Waals surface area contributed by atoms with Crippen LogP contribution in [0.5, 0.6) is 5.88 Å². The zero-order valence-electron chi connectivity index (χ0n) is 50.0. The van der Waals surface area contributed by atoms with Crippen LogP contribution in [0.3, 0.4) is 0 Å². The van der Waals surface area contributed by atoms with Gasteiger partial charge in [0.15, 0.2) is 64.5 Å². The van der Waals surface area contributed by atoms with Gasteiger partial charge in [-0.05, 0) is 83.4 Å². The number of H-pyrrole nitrogens is 2. The Morgan fingerprint density at radius 1 is 0.681 bits per heavy atom. The third-order valence-corrected chi connectivity index (χ3v) is 21.5. The Morgan fingerprint density at radius 2 is 1.29 bits per heavy atom. The van der Waals surface area contributed by atoms with Gasteiger partial charge in [0.2, 0.25) is 11.8 Å². The monoisotopic (exact) mass is 1470 g/mol. The van der Waals surface area contributed by atoms with E-state index in [1.807, 2.05) is 41.5 Å². The first kappa shape index (κ1) is 69.5. The number of aliphatic hydroxyl groups is 2. The van der Waals surface area contributed by atoms with E-state index in [4.69, 9.17) is 90.6 Å². The lowest BCUT2D eigenvalue weighted by Gasteiger charge is -2.28. The standard InChI is InChI=1S/C25H30F2N8O10P2S2.C24H33N7O10P2S2/c1-25(2,3)33-19-15-21(30-7-28-19)35(9-32-15)23-14(27)17-12(43-23)6-41-47(39,49)45-18-16(36)11(5-40-46(38,48)44-17)42-24(18)34-4-10(26)13-20(34)29-8-31-22(13)37;1-24(2,3)30-23-28-20-17(21(33)29-23)27-11-31(20)22-19-18(32)15(39-22)9-37-42(34,44)40-14-7-13(38-16-4-5-25-10-26-16)6-12(14)8-36-43(35,45)41-19/h4,7-9,11-12,14,16-18,23-24,36H,5-6H2,1-3H3,(H,38,48)(H,39,49)(H,28,30,33)(H,29,31,37);4-5,10-15,18-19,22,32H,6-9H2,1-3H3,(H,34,44)(H,35,45)(H2,28,29,30,33)/t11-,12-,14-,16-,17-,18-,23-,24-,46?,47?;12-,13-,14+,15-,18-,19-,22-,42?,43?/m11/s1. The number of alkyl halides is 1. The molecule has 6 fully saturated rings. The zero-order valence-corrected chi connectivity index (χ0v) is 56.9. The van der Waals surface area contributed by atoms with Gasteiger partial charge < -0.3 is 86.6 Å². The summed E-state index contributed by atoms with van der Waals surface area (Å²) < 4.78 is 118. The lowest BCUT2D eigenvalue weighted by molar-refractivity contribution is -0.0602. The maximum atomic E-state index is 16.3. The highest BCUT2D eigenvalue weighted by Gasteiger charge is 2.55. The van der Waals surface area contributed by atoms with Gasteiger partial charge in [-0.25, -0.2) is 48.2 Å². The SMILES string of the molecule is CC(C)(C)Nc1nc2c(ncn2[C@@H]2O[C@@H]3COP(O)(=S)O[C@H]4C[C@H](Oc5ccncn5)C[C@@H]4COP(=O)(S)O[C@@H]2[C@@H]3O)c(=O)[nH]1.CC(C)(C)Nc1ncnc2c1ncn2[C@@H]1O[C@@H]2COP(O)(=S)O[C@@H]3[C@H](O)[C@@H](COP(O)(=S)O[C@H]2[C@H]1F)O[C@H]3n1cc(F)c2c(=O)[nH]cnc21. The Balaban J connectivity index is 0.000000181. The molecular formula is C49H63F2N15O20P4S4. The molecule has 12 heterocycles. The average Bonchev–Trinajstić information content (AvgIpc) is 1.61. The molecule has 512 valence electrons. The molecule has 6 aliphatic rings. The number of nitrogens with zero attached hydrogens (tertiary/aromatic N) is 11. The molecule has 9 N–H and O–H groups in total. The van der Waals surface area contributed by atoms with Gasteiger partial charge >= 0.3 is 27.0 Å². The molecule has 1 saturated carbocycles. The van der Waals surface area contributed by atoms with Crippen molar-refractivity contribution in [1.29, 1.82) is 0 Å². The molecule has 0 spiro atoms. The molecule has 5 aliphatic heterocycles. The summed E-state index contributed by atoms with van der Waals surface area (Å²) in [4.78, 5) is 96.6. The lowest BCUT2D eigenvalue weighted by atomic mass is 10.1. The van der Waals surface area contributed by atoms with Crippen molar-refractivity contribution in [3.05, 3.63) is 76.6 Å². The molecule has 4 bridgehead atoms. The van der Waals surface area contributed by atoms with Gasteiger partial charge in [0.05, 0.1) is 51.5 Å². The fraction of sp³-hybridized carbons (Fsp3) is 0.592. The minimum absolute atomic E-state index is 0.00372. The minimum Gasteiger partial charge on any atom is -0.474 e. The molecule has 45 heteroatoms. The predicted molar refractivity (Wildman–Crippen MR) is 338 cm³/mol. The van der Waals surface area contributed by atoms with Crippen LogP contribution in [0.1, 0.15) is 73.1 Å². The lowest BCUT2D eigenvalue weighted by Crippen LogP contribution is -2.35. The zero-order chi connectivity index (χ0) is 67.2. The van der Waals surface area contributed by atoms with Crippen molar-refractivity contribution in [3.63, 3.8) is 0 Å². The number of rotatable bonds is 7. The van der Waals surface area contributed by atoms with E-state index < -0.39 is 166 Å². The average molecular weight is 1470 g/mol. The summed E-state index contributed by atoms with van der Waals surface area (Å²) in [5.41, 5.74) is -1.62. The van der Waals surface area contributed by atoms with Gasteiger partial charge in [0.25, 0.3) is 11.1 Å². The van der Waals surface area contributed by atoms with Gasteiger partial charge in [-0.3, -0.25) is 37.3 Å². The number of aliphatic hydroxyl groups excluding tert-OH is 2. The van der Waals surface area contributed by atoms with E-state index in [1.165, 1.54) is 34.4 Å². The second-order valence-corrected chi connectivity index (χ2v) is 35.6. The topological polar surface area (TPSA) is 437 Å². The summed E-state index contributed by atoms with van der Waals surface area (Å²) in [6, 6.07) is 1.61. The highest BCUT2D eigenvalue weighted by molar-refractivity contribution is 8.44.